The number of amides is 1. The first-order valence-electron chi connectivity index (χ1n) is 10.1. The summed E-state index contributed by atoms with van der Waals surface area (Å²) in [7, 11) is 1.73. The Balaban J connectivity index is 2.06. The van der Waals surface area contributed by atoms with Crippen molar-refractivity contribution in [3.8, 4) is 0 Å². The van der Waals surface area contributed by atoms with E-state index >= 15 is 0 Å². The topological polar surface area (TPSA) is 107 Å². The van der Waals surface area contributed by atoms with Crippen LogP contribution in [0.15, 0.2) is 35.5 Å². The molecule has 3 aromatic heterocycles. The van der Waals surface area contributed by atoms with E-state index in [4.69, 9.17) is 20.5 Å². The number of carbonyl (C=O) groups is 2. The molecule has 0 fully saturated rings. The lowest BCUT2D eigenvalue weighted by Crippen LogP contribution is -2.25. The summed E-state index contributed by atoms with van der Waals surface area (Å²) in [6, 6.07) is 3.01. The molecule has 152 valence electrons. The van der Waals surface area contributed by atoms with Crippen LogP contribution in [0.1, 0.15) is 21.4 Å². The first kappa shape index (κ1) is 16.6. The molecule has 3 rings (SSSR count). The molecule has 1 amide bonds. The van der Waals surface area contributed by atoms with Crippen LogP contribution in [0.2, 0.25) is 5.15 Å². The van der Waals surface area contributed by atoms with Gasteiger partial charge < -0.3 is 24.5 Å². The normalized spacial score (nSPS) is 12.7. The Morgan fingerprint density at radius 1 is 1.38 bits per heavy atom. The highest BCUT2D eigenvalue weighted by Gasteiger charge is 2.17. The van der Waals surface area contributed by atoms with Gasteiger partial charge in [-0.05, 0) is 19.1 Å². The highest BCUT2D eigenvalue weighted by atomic mass is 35.5. The van der Waals surface area contributed by atoms with Crippen LogP contribution < -0.4 is 16.2 Å². The molecule has 0 bridgehead atoms. The molecule has 0 radical (unpaired) electrons. The van der Waals surface area contributed by atoms with Crippen LogP contribution in [0.3, 0.4) is 0 Å². The number of aromatic nitrogens is 3. The molecule has 3 aromatic rings. The lowest BCUT2D eigenvalue weighted by molar-refractivity contribution is -0.143. The zero-order valence-corrected chi connectivity index (χ0v) is 16.4. The monoisotopic (exact) mass is 420 g/mol. The molecule has 0 aliphatic carbocycles. The minimum Gasteiger partial charge on any atom is -0.465 e. The van der Waals surface area contributed by atoms with Crippen LogP contribution in [-0.2, 0) is 23.1 Å². The van der Waals surface area contributed by atoms with Gasteiger partial charge in [0.15, 0.2) is 0 Å². The fourth-order valence-corrected chi connectivity index (χ4v) is 3.09. The molecule has 3 heterocycles. The lowest BCUT2D eigenvalue weighted by atomic mass is 10.2. The van der Waals surface area contributed by atoms with E-state index < -0.39 is 24.4 Å². The number of halogens is 1. The van der Waals surface area contributed by atoms with Gasteiger partial charge in [0.05, 0.1) is 34.4 Å². The Morgan fingerprint density at radius 2 is 2.17 bits per heavy atom. The zero-order valence-electron chi connectivity index (χ0n) is 18.7. The van der Waals surface area contributed by atoms with Crippen LogP contribution in [0, 0.1) is 0 Å². The Hall–Kier alpha value is -3.33. The van der Waals surface area contributed by atoms with E-state index in [9.17, 15) is 14.4 Å². The highest BCUT2D eigenvalue weighted by molar-refractivity contribution is 6.29. The number of hydrogen-bond acceptors (Lipinski definition) is 6. The number of ether oxygens (including phenoxy) is 1. The SMILES string of the molecule is [2H]C([2H])([2H])NC(=O)c1cnc(Cl)cc1Nc1cn(C)c2ccn(CC(=O)OCC)c(=O)c12. The molecule has 0 spiro atoms. The molecule has 0 aliphatic rings. The molecule has 0 aromatic carbocycles. The van der Waals surface area contributed by atoms with Gasteiger partial charge in [-0.2, -0.15) is 0 Å². The van der Waals surface area contributed by atoms with E-state index in [1.165, 1.54) is 16.8 Å². The number of fused-ring (bicyclic) bond motifs is 1. The van der Waals surface area contributed by atoms with E-state index in [1.54, 1.807) is 30.8 Å². The minimum absolute atomic E-state index is 0.0536. The number of rotatable bonds is 6. The highest BCUT2D eigenvalue weighted by Crippen LogP contribution is 2.28. The lowest BCUT2D eigenvalue weighted by Gasteiger charge is -2.11. The van der Waals surface area contributed by atoms with E-state index in [-0.39, 0.29) is 34.9 Å². The second-order valence-corrected chi connectivity index (χ2v) is 6.49. The van der Waals surface area contributed by atoms with E-state index in [0.717, 1.165) is 6.20 Å². The first-order chi connectivity index (χ1) is 15.0. The summed E-state index contributed by atoms with van der Waals surface area (Å²) in [5.74, 6) is -1.44. The predicted molar refractivity (Wildman–Crippen MR) is 110 cm³/mol. The summed E-state index contributed by atoms with van der Waals surface area (Å²) in [5, 5.41) is 5.18. The van der Waals surface area contributed by atoms with Crippen LogP contribution in [0.5, 0.6) is 0 Å². The van der Waals surface area contributed by atoms with Crippen molar-refractivity contribution in [1.82, 2.24) is 19.4 Å². The maximum atomic E-state index is 13.1. The van der Waals surface area contributed by atoms with Gasteiger partial charge in [0.2, 0.25) is 0 Å². The molecule has 0 saturated heterocycles. The van der Waals surface area contributed by atoms with Gasteiger partial charge in [-0.1, -0.05) is 11.6 Å². The Labute approximate surface area is 175 Å². The molecule has 0 atom stereocenters. The quantitative estimate of drug-likeness (QED) is 0.467. The van der Waals surface area contributed by atoms with Crippen LogP contribution in [-0.4, -0.2) is 39.6 Å². The molecule has 0 saturated carbocycles. The van der Waals surface area contributed by atoms with Crippen molar-refractivity contribution in [2.75, 3.05) is 18.9 Å². The summed E-state index contributed by atoms with van der Waals surface area (Å²) in [6.45, 7) is -1.10. The average Bonchev–Trinajstić information content (AvgIpc) is 2.99. The average molecular weight is 421 g/mol. The Morgan fingerprint density at radius 3 is 2.90 bits per heavy atom. The second kappa shape index (κ2) is 8.36. The van der Waals surface area contributed by atoms with E-state index in [2.05, 4.69) is 10.3 Å². The summed E-state index contributed by atoms with van der Waals surface area (Å²) in [5.41, 5.74) is 0.527. The van der Waals surface area contributed by atoms with Gasteiger partial charge in [0.1, 0.15) is 11.7 Å². The van der Waals surface area contributed by atoms with Gasteiger partial charge in [-0.15, -0.1) is 0 Å². The molecule has 2 N–H and O–H groups in total. The van der Waals surface area contributed by atoms with Crippen molar-refractivity contribution >= 4 is 45.8 Å². The largest absolute Gasteiger partial charge is 0.465 e. The Bertz CT molecular complexity index is 1250. The third-order valence-corrected chi connectivity index (χ3v) is 4.42. The Kier molecular flexibility index (Phi) is 4.79. The standard InChI is InChI=1S/C19H20ClN5O4/c1-4-29-16(26)10-25-6-5-14-17(19(25)28)13(9-24(14)3)23-12-7-15(20)22-8-11(12)18(27)21-2/h5-9H,4,10H2,1-3H3,(H,21,27)(H,22,23)/i2D3. The van der Waals surface area contributed by atoms with Crippen molar-refractivity contribution in [1.29, 1.82) is 0 Å². The third-order valence-electron chi connectivity index (χ3n) is 4.22. The first-order valence-corrected chi connectivity index (χ1v) is 8.97. The maximum Gasteiger partial charge on any atom is 0.326 e. The number of nitrogens with zero attached hydrogens (tertiary/aromatic N) is 3. The van der Waals surface area contributed by atoms with Gasteiger partial charge in [-0.3, -0.25) is 14.4 Å². The fourth-order valence-electron chi connectivity index (χ4n) is 2.93. The molecule has 0 aliphatic heterocycles. The molecule has 10 heteroatoms. The number of aryl methyl sites for hydroxylation is 1. The number of esters is 1. The van der Waals surface area contributed by atoms with Crippen molar-refractivity contribution in [3.05, 3.63) is 51.8 Å². The van der Waals surface area contributed by atoms with Gasteiger partial charge >= 0.3 is 5.97 Å². The van der Waals surface area contributed by atoms with Gasteiger partial charge in [0, 0.05) is 36.7 Å². The minimum atomic E-state index is -2.70. The molecule has 29 heavy (non-hydrogen) atoms. The zero-order chi connectivity index (χ0) is 23.6. The molecular weight excluding hydrogens is 398 g/mol. The summed E-state index contributed by atoms with van der Waals surface area (Å²) in [6.07, 6.45) is 4.25. The third kappa shape index (κ3) is 4.09. The smallest absolute Gasteiger partial charge is 0.326 e. The summed E-state index contributed by atoms with van der Waals surface area (Å²) >= 11 is 5.97. The van der Waals surface area contributed by atoms with Crippen molar-refractivity contribution in [2.24, 2.45) is 7.05 Å². The van der Waals surface area contributed by atoms with Crippen LogP contribution >= 0.6 is 11.6 Å². The van der Waals surface area contributed by atoms with E-state index in [0.29, 0.717) is 11.2 Å². The summed E-state index contributed by atoms with van der Waals surface area (Å²) < 4.78 is 29.5. The van der Waals surface area contributed by atoms with Gasteiger partial charge in [0.25, 0.3) is 11.5 Å². The molecule has 9 nitrogen and oxygen atoms in total. The van der Waals surface area contributed by atoms with Crippen LogP contribution in [0.4, 0.5) is 11.4 Å². The summed E-state index contributed by atoms with van der Waals surface area (Å²) in [4.78, 5) is 41.2. The maximum absolute atomic E-state index is 13.1. The molecular formula is C19H20ClN5O4. The fraction of sp³-hybridized carbons (Fsp3) is 0.263. The number of pyridine rings is 2. The predicted octanol–water partition coefficient (Wildman–Crippen LogP) is 2.05. The van der Waals surface area contributed by atoms with Gasteiger partial charge in [-0.25, -0.2) is 4.98 Å². The van der Waals surface area contributed by atoms with E-state index in [1.807, 2.05) is 5.32 Å². The van der Waals surface area contributed by atoms with Crippen LogP contribution in [0.25, 0.3) is 10.9 Å². The number of carbonyl (C=O) groups excluding carboxylic acids is 2. The van der Waals surface area contributed by atoms with Crippen molar-refractivity contribution in [3.63, 3.8) is 0 Å². The second-order valence-electron chi connectivity index (χ2n) is 6.10. The molecule has 0 unspecified atom stereocenters. The van der Waals surface area contributed by atoms with Crippen molar-refractivity contribution < 1.29 is 18.4 Å². The van der Waals surface area contributed by atoms with Crippen molar-refractivity contribution in [2.45, 2.75) is 13.5 Å². The number of hydrogen-bond donors (Lipinski definition) is 2. The number of nitrogens with one attached hydrogen (secondary N) is 2. The number of anilines is 2.